The molecule has 11 heteroatoms. The number of methoxy groups -OCH3 is 1. The van der Waals surface area contributed by atoms with Crippen molar-refractivity contribution in [1.82, 2.24) is 24.5 Å². The fraction of sp³-hybridized carbons (Fsp3) is 0.379. The van der Waals surface area contributed by atoms with Crippen molar-refractivity contribution < 1.29 is 19.0 Å². The quantitative estimate of drug-likeness (QED) is 0.354. The predicted octanol–water partition coefficient (Wildman–Crippen LogP) is 3.67. The van der Waals surface area contributed by atoms with Gasteiger partial charge in [0.1, 0.15) is 24.2 Å². The molecule has 0 unspecified atom stereocenters. The van der Waals surface area contributed by atoms with Crippen LogP contribution < -0.4 is 14.4 Å². The summed E-state index contributed by atoms with van der Waals surface area (Å²) < 4.78 is 26.5. The molecule has 1 aliphatic rings. The molecule has 0 saturated carbocycles. The monoisotopic (exact) mass is 545 g/mol. The van der Waals surface area contributed by atoms with Crippen molar-refractivity contribution in [3.05, 3.63) is 66.0 Å². The molecule has 1 saturated heterocycles. The van der Waals surface area contributed by atoms with Crippen LogP contribution in [-0.2, 0) is 6.54 Å². The van der Waals surface area contributed by atoms with Crippen molar-refractivity contribution >= 4 is 11.3 Å². The van der Waals surface area contributed by atoms with Crippen LogP contribution in [0.1, 0.15) is 31.4 Å². The second-order valence-electron chi connectivity index (χ2n) is 10.5. The average Bonchev–Trinajstić information content (AvgIpc) is 3.22. The minimum Gasteiger partial charge on any atom is -0.489 e. The maximum atomic E-state index is 14.1. The lowest BCUT2D eigenvalue weighted by molar-refractivity contribution is 0.0283. The molecular formula is C29H32FN7O3. The van der Waals surface area contributed by atoms with Crippen LogP contribution in [0.25, 0.3) is 16.6 Å². The van der Waals surface area contributed by atoms with E-state index in [1.807, 2.05) is 18.2 Å². The van der Waals surface area contributed by atoms with Gasteiger partial charge in [-0.25, -0.2) is 18.9 Å². The van der Waals surface area contributed by atoms with E-state index in [9.17, 15) is 14.8 Å². The summed E-state index contributed by atoms with van der Waals surface area (Å²) in [5, 5.41) is 24.1. The molecule has 1 N–H and O–H groups in total. The lowest BCUT2D eigenvalue weighted by Gasteiger charge is -2.23. The third-order valence-corrected chi connectivity index (χ3v) is 6.73. The zero-order valence-electron chi connectivity index (χ0n) is 22.8. The molecule has 0 bridgehead atoms. The summed E-state index contributed by atoms with van der Waals surface area (Å²) in [7, 11) is 1.41. The Labute approximate surface area is 232 Å². The van der Waals surface area contributed by atoms with Crippen molar-refractivity contribution in [2.24, 2.45) is 0 Å². The fourth-order valence-corrected chi connectivity index (χ4v) is 4.79. The Morgan fingerprint density at radius 1 is 1.10 bits per heavy atom. The van der Waals surface area contributed by atoms with E-state index in [0.717, 1.165) is 55.1 Å². The number of ether oxygens (including phenoxy) is 2. The van der Waals surface area contributed by atoms with Gasteiger partial charge in [0, 0.05) is 56.2 Å². The number of fused-ring (bicyclic) bond motifs is 1. The Bertz CT molecular complexity index is 1530. The van der Waals surface area contributed by atoms with Gasteiger partial charge in [-0.3, -0.25) is 4.90 Å². The normalized spacial score (nSPS) is 14.7. The Morgan fingerprint density at radius 2 is 1.95 bits per heavy atom. The van der Waals surface area contributed by atoms with Gasteiger partial charge < -0.3 is 19.5 Å². The van der Waals surface area contributed by atoms with Crippen LogP contribution in [0.4, 0.5) is 10.2 Å². The standard InChI is InChI=1S/C29H32FN7O3/c1-29(2,38)19-40-23-12-24(27-22(13-31)16-34-37(27)18-23)21-5-6-26(32-15-21)36-8-4-7-35(9-10-36)17-20-11-25(30)28(39-3)33-14-20/h5-6,11-12,14-16,18,38H,4,7-10,17,19H2,1-3H3. The third-order valence-electron chi connectivity index (χ3n) is 6.73. The number of hydrogen-bond acceptors (Lipinski definition) is 9. The molecule has 5 rings (SSSR count). The molecule has 1 fully saturated rings. The van der Waals surface area contributed by atoms with E-state index in [1.165, 1.54) is 19.4 Å². The van der Waals surface area contributed by atoms with Gasteiger partial charge in [-0.05, 0) is 50.1 Å². The topological polar surface area (TPSA) is 112 Å². The highest BCUT2D eigenvalue weighted by molar-refractivity contribution is 5.85. The smallest absolute Gasteiger partial charge is 0.250 e. The largest absolute Gasteiger partial charge is 0.489 e. The number of aliphatic hydroxyl groups is 1. The summed E-state index contributed by atoms with van der Waals surface area (Å²) in [4.78, 5) is 13.3. The molecular weight excluding hydrogens is 513 g/mol. The summed E-state index contributed by atoms with van der Waals surface area (Å²) in [6.45, 7) is 7.40. The number of rotatable bonds is 8. The van der Waals surface area contributed by atoms with Crippen LogP contribution >= 0.6 is 0 Å². The molecule has 0 aromatic carbocycles. The zero-order chi connectivity index (χ0) is 28.3. The molecule has 0 radical (unpaired) electrons. The van der Waals surface area contributed by atoms with Gasteiger partial charge >= 0.3 is 0 Å². The average molecular weight is 546 g/mol. The van der Waals surface area contributed by atoms with E-state index in [1.54, 1.807) is 37.0 Å². The van der Waals surface area contributed by atoms with Crippen LogP contribution in [-0.4, -0.2) is 75.1 Å². The number of halogens is 1. The van der Waals surface area contributed by atoms with Crippen molar-refractivity contribution in [2.45, 2.75) is 32.4 Å². The third kappa shape index (κ3) is 6.14. The first-order valence-corrected chi connectivity index (χ1v) is 13.1. The summed E-state index contributed by atoms with van der Waals surface area (Å²) in [5.74, 6) is 0.944. The van der Waals surface area contributed by atoms with E-state index >= 15 is 0 Å². The van der Waals surface area contributed by atoms with Gasteiger partial charge in [0.15, 0.2) is 5.82 Å². The van der Waals surface area contributed by atoms with Crippen molar-refractivity contribution in [3.63, 3.8) is 0 Å². The second kappa shape index (κ2) is 11.5. The first kappa shape index (κ1) is 27.3. The van der Waals surface area contributed by atoms with Gasteiger partial charge in [-0.2, -0.15) is 10.4 Å². The first-order chi connectivity index (χ1) is 19.2. The SMILES string of the molecule is COc1ncc(CN2CCCN(c3ccc(-c4cc(OCC(C)(C)O)cn5ncc(C#N)c45)cn3)CC2)cc1F. The van der Waals surface area contributed by atoms with Gasteiger partial charge in [0.2, 0.25) is 5.88 Å². The summed E-state index contributed by atoms with van der Waals surface area (Å²) in [5.41, 5.74) is 2.53. The van der Waals surface area contributed by atoms with Crippen LogP contribution in [0.3, 0.4) is 0 Å². The van der Waals surface area contributed by atoms with Crippen LogP contribution in [0, 0.1) is 17.1 Å². The molecule has 4 aromatic heterocycles. The number of hydrogen-bond donors (Lipinski definition) is 1. The lowest BCUT2D eigenvalue weighted by atomic mass is 10.1. The van der Waals surface area contributed by atoms with Gasteiger partial charge in [0.05, 0.1) is 36.2 Å². The second-order valence-corrected chi connectivity index (χ2v) is 10.5. The molecule has 208 valence electrons. The van der Waals surface area contributed by atoms with E-state index in [2.05, 4.69) is 26.0 Å². The Morgan fingerprint density at radius 3 is 2.65 bits per heavy atom. The number of anilines is 1. The molecule has 0 aliphatic carbocycles. The highest BCUT2D eigenvalue weighted by Gasteiger charge is 2.20. The minimum atomic E-state index is -0.995. The maximum Gasteiger partial charge on any atom is 0.250 e. The first-order valence-electron chi connectivity index (χ1n) is 13.1. The van der Waals surface area contributed by atoms with Crippen molar-refractivity contribution in [2.75, 3.05) is 44.8 Å². The fourth-order valence-electron chi connectivity index (χ4n) is 4.79. The summed E-state index contributed by atoms with van der Waals surface area (Å²) >= 11 is 0. The highest BCUT2D eigenvalue weighted by Crippen LogP contribution is 2.32. The van der Waals surface area contributed by atoms with Gasteiger partial charge in [0.25, 0.3) is 0 Å². The highest BCUT2D eigenvalue weighted by atomic mass is 19.1. The Kier molecular flexibility index (Phi) is 7.82. The Hall–Kier alpha value is -4.27. The molecule has 0 amide bonds. The van der Waals surface area contributed by atoms with Crippen LogP contribution in [0.2, 0.25) is 0 Å². The van der Waals surface area contributed by atoms with Crippen LogP contribution in [0.5, 0.6) is 11.6 Å². The summed E-state index contributed by atoms with van der Waals surface area (Å²) in [6, 6.07) is 9.51. The molecule has 40 heavy (non-hydrogen) atoms. The summed E-state index contributed by atoms with van der Waals surface area (Å²) in [6.07, 6.45) is 7.63. The predicted molar refractivity (Wildman–Crippen MR) is 148 cm³/mol. The van der Waals surface area contributed by atoms with E-state index < -0.39 is 11.4 Å². The number of nitriles is 1. The van der Waals surface area contributed by atoms with Crippen molar-refractivity contribution in [1.29, 1.82) is 5.26 Å². The molecule has 0 spiro atoms. The number of nitrogens with zero attached hydrogens (tertiary/aromatic N) is 7. The lowest BCUT2D eigenvalue weighted by Crippen LogP contribution is -2.31. The Balaban J connectivity index is 1.32. The minimum absolute atomic E-state index is 0.00601. The number of pyridine rings is 3. The molecule has 0 atom stereocenters. The molecule has 10 nitrogen and oxygen atoms in total. The maximum absolute atomic E-state index is 14.1. The van der Waals surface area contributed by atoms with E-state index in [0.29, 0.717) is 23.4 Å². The molecule has 4 aromatic rings. The van der Waals surface area contributed by atoms with Crippen molar-refractivity contribution in [3.8, 4) is 28.8 Å². The molecule has 5 heterocycles. The van der Waals surface area contributed by atoms with E-state index in [4.69, 9.17) is 14.5 Å². The van der Waals surface area contributed by atoms with Gasteiger partial charge in [-0.1, -0.05) is 0 Å². The molecule has 1 aliphatic heterocycles. The van der Waals surface area contributed by atoms with E-state index in [-0.39, 0.29) is 12.5 Å². The van der Waals surface area contributed by atoms with Gasteiger partial charge in [-0.15, -0.1) is 0 Å². The number of aromatic nitrogens is 4. The zero-order valence-corrected chi connectivity index (χ0v) is 22.8. The van der Waals surface area contributed by atoms with Crippen LogP contribution in [0.15, 0.2) is 49.1 Å².